The molecule has 1 aromatic carbocycles. The quantitative estimate of drug-likeness (QED) is 0.870. The van der Waals surface area contributed by atoms with Gasteiger partial charge in [0.1, 0.15) is 11.4 Å². The number of benzene rings is 1. The monoisotopic (exact) mass is 332 g/mol. The van der Waals surface area contributed by atoms with Crippen molar-refractivity contribution < 1.29 is 4.79 Å². The summed E-state index contributed by atoms with van der Waals surface area (Å²) in [5, 5.41) is 3.43. The lowest BCUT2D eigenvalue weighted by Crippen LogP contribution is -2.45. The zero-order valence-electron chi connectivity index (χ0n) is 11.2. The van der Waals surface area contributed by atoms with Gasteiger partial charge in [-0.2, -0.15) is 8.73 Å². The molecule has 0 spiro atoms. The molecular weight excluding hydrogens is 319 g/mol. The number of rotatable bonds is 2. The maximum absolute atomic E-state index is 12.2. The summed E-state index contributed by atoms with van der Waals surface area (Å²) in [5.41, 5.74) is 6.95. The highest BCUT2D eigenvalue weighted by Crippen LogP contribution is 2.47. The van der Waals surface area contributed by atoms with Crippen molar-refractivity contribution >= 4 is 57.5 Å². The first-order valence-corrected chi connectivity index (χ1v) is 7.37. The van der Waals surface area contributed by atoms with Crippen LogP contribution in [0.1, 0.15) is 20.8 Å². The van der Waals surface area contributed by atoms with Crippen molar-refractivity contribution in [2.24, 2.45) is 19.9 Å². The summed E-state index contributed by atoms with van der Waals surface area (Å²) in [6.07, 6.45) is 0. The van der Waals surface area contributed by atoms with Gasteiger partial charge in [0, 0.05) is 0 Å². The van der Waals surface area contributed by atoms with Gasteiger partial charge in [-0.3, -0.25) is 4.79 Å². The molecule has 0 saturated heterocycles. The normalized spacial score (nSPS) is 14.7. The lowest BCUT2D eigenvalue weighted by molar-refractivity contribution is -0.119. The van der Waals surface area contributed by atoms with Crippen LogP contribution in [-0.2, 0) is 16.1 Å². The fourth-order valence-corrected chi connectivity index (χ4v) is 2.75. The van der Waals surface area contributed by atoms with Crippen LogP contribution in [0.2, 0.25) is 10.0 Å². The number of amides is 1. The number of halogens is 2. The van der Waals surface area contributed by atoms with Crippen molar-refractivity contribution in [2.45, 2.75) is 26.8 Å². The average molecular weight is 333 g/mol. The van der Waals surface area contributed by atoms with Crippen molar-refractivity contribution in [1.29, 1.82) is 0 Å². The van der Waals surface area contributed by atoms with Gasteiger partial charge < -0.3 is 11.1 Å². The van der Waals surface area contributed by atoms with Gasteiger partial charge in [0.05, 0.1) is 33.1 Å². The predicted molar refractivity (Wildman–Crippen MR) is 84.1 cm³/mol. The number of nitrogens with one attached hydrogen (secondary N) is 1. The Morgan fingerprint density at radius 3 is 2.50 bits per heavy atom. The van der Waals surface area contributed by atoms with Crippen LogP contribution in [0.25, 0.3) is 0 Å². The molecule has 1 amide bonds. The van der Waals surface area contributed by atoms with E-state index in [1.54, 1.807) is 0 Å². The fourth-order valence-electron chi connectivity index (χ4n) is 1.59. The minimum Gasteiger partial charge on any atom is -0.322 e. The molecule has 0 aromatic heterocycles. The van der Waals surface area contributed by atoms with Crippen LogP contribution in [0.5, 0.6) is 0 Å². The smallest absolute Gasteiger partial charge is 0.241 e. The molecule has 20 heavy (non-hydrogen) atoms. The van der Waals surface area contributed by atoms with Gasteiger partial charge in [-0.1, -0.05) is 44.0 Å². The Morgan fingerprint density at radius 2 is 1.90 bits per heavy atom. The third kappa shape index (κ3) is 2.88. The first-order valence-electron chi connectivity index (χ1n) is 5.88. The highest BCUT2D eigenvalue weighted by atomic mass is 35.5. The van der Waals surface area contributed by atoms with Crippen LogP contribution < -0.4 is 11.1 Å². The first-order chi connectivity index (χ1) is 9.21. The Hall–Kier alpha value is -0.950. The van der Waals surface area contributed by atoms with Gasteiger partial charge in [0.15, 0.2) is 0 Å². The number of hydrogen-bond donors (Lipinski definition) is 2. The fraction of sp³-hybridized carbons (Fsp3) is 0.417. The van der Waals surface area contributed by atoms with Crippen LogP contribution in [0.15, 0.2) is 14.8 Å². The van der Waals surface area contributed by atoms with Gasteiger partial charge in [-0.25, -0.2) is 0 Å². The molecule has 0 saturated carbocycles. The molecule has 0 radical (unpaired) electrons. The Labute approximate surface area is 130 Å². The summed E-state index contributed by atoms with van der Waals surface area (Å²) in [6.45, 7) is 5.67. The predicted octanol–water partition coefficient (Wildman–Crippen LogP) is 4.03. The number of carbonyl (C=O) groups excluding carboxylic acids is 1. The summed E-state index contributed by atoms with van der Waals surface area (Å²) >= 11 is 13.2. The van der Waals surface area contributed by atoms with Gasteiger partial charge in [0.25, 0.3) is 0 Å². The Kier molecular flexibility index (Phi) is 4.20. The summed E-state index contributed by atoms with van der Waals surface area (Å²) < 4.78 is 8.20. The summed E-state index contributed by atoms with van der Waals surface area (Å²) in [4.78, 5) is 12.2. The van der Waals surface area contributed by atoms with Crippen molar-refractivity contribution in [3.8, 4) is 0 Å². The van der Waals surface area contributed by atoms with E-state index in [9.17, 15) is 4.79 Å². The van der Waals surface area contributed by atoms with E-state index in [1.807, 2.05) is 20.8 Å². The molecule has 1 aliphatic heterocycles. The number of nitrogens with two attached hydrogens (primary N) is 1. The molecule has 1 heterocycles. The van der Waals surface area contributed by atoms with E-state index in [-0.39, 0.29) is 11.3 Å². The largest absolute Gasteiger partial charge is 0.322 e. The number of hydrogen-bond acceptors (Lipinski definition) is 4. The molecule has 0 fully saturated rings. The zero-order valence-corrected chi connectivity index (χ0v) is 13.5. The number of anilines is 1. The summed E-state index contributed by atoms with van der Waals surface area (Å²) in [7, 11) is 0. The van der Waals surface area contributed by atoms with E-state index in [0.717, 1.165) is 11.4 Å². The molecule has 1 aromatic rings. The molecule has 0 unspecified atom stereocenters. The van der Waals surface area contributed by atoms with E-state index >= 15 is 0 Å². The molecule has 1 atom stereocenters. The zero-order chi connectivity index (χ0) is 15.1. The van der Waals surface area contributed by atoms with E-state index in [2.05, 4.69) is 14.0 Å². The lowest BCUT2D eigenvalue weighted by atomic mass is 9.87. The molecule has 2 rings (SSSR count). The highest BCUT2D eigenvalue weighted by Gasteiger charge is 2.29. The second-order valence-electron chi connectivity index (χ2n) is 5.51. The Bertz CT molecular complexity index is 648. The van der Waals surface area contributed by atoms with Crippen molar-refractivity contribution in [2.75, 3.05) is 5.32 Å². The van der Waals surface area contributed by atoms with Gasteiger partial charge in [-0.15, -0.1) is 0 Å². The third-order valence-electron chi connectivity index (χ3n) is 2.91. The maximum atomic E-state index is 12.2. The molecule has 108 valence electrons. The summed E-state index contributed by atoms with van der Waals surface area (Å²) in [6, 6.07) is 0.862. The second kappa shape index (κ2) is 5.44. The number of nitrogens with zero attached hydrogens (tertiary/aromatic N) is 2. The van der Waals surface area contributed by atoms with Gasteiger partial charge in [-0.05, 0) is 11.5 Å². The van der Waals surface area contributed by atoms with Crippen molar-refractivity contribution in [3.63, 3.8) is 0 Å². The van der Waals surface area contributed by atoms with E-state index < -0.39 is 6.04 Å². The Balaban J connectivity index is 2.35. The van der Waals surface area contributed by atoms with Crippen molar-refractivity contribution in [1.82, 2.24) is 0 Å². The van der Waals surface area contributed by atoms with Gasteiger partial charge in [0.2, 0.25) is 5.91 Å². The average Bonchev–Trinajstić information content (AvgIpc) is 2.81. The topological polar surface area (TPSA) is 79.8 Å². The first kappa shape index (κ1) is 15.4. The second-order valence-corrected chi connectivity index (χ2v) is 6.85. The van der Waals surface area contributed by atoms with Crippen molar-refractivity contribution in [3.05, 3.63) is 16.1 Å². The molecule has 0 bridgehead atoms. The molecule has 0 aliphatic carbocycles. The maximum Gasteiger partial charge on any atom is 0.241 e. The standard InChI is InChI=1S/C12H14Cl2N4OS/c1-12(2,3)10(15)11(19)16-7-5(13)4-6(14)8-9(7)18-20-17-8/h4,10H,15H2,1-3H3,(H,16,19)/t10-/m0/s1. The van der Waals surface area contributed by atoms with E-state index in [4.69, 9.17) is 28.9 Å². The van der Waals surface area contributed by atoms with Crippen LogP contribution in [0.4, 0.5) is 17.1 Å². The lowest BCUT2D eigenvalue weighted by Gasteiger charge is -2.26. The molecule has 8 heteroatoms. The third-order valence-corrected chi connectivity index (χ3v) is 4.02. The Morgan fingerprint density at radius 1 is 1.30 bits per heavy atom. The minimum atomic E-state index is -0.670. The number of fused-ring (bicyclic) bond motifs is 1. The van der Waals surface area contributed by atoms with Crippen LogP contribution >= 0.6 is 23.2 Å². The van der Waals surface area contributed by atoms with Crippen LogP contribution in [0, 0.1) is 5.41 Å². The molecular formula is C12H14Cl2N4OS. The van der Waals surface area contributed by atoms with E-state index in [0.29, 0.717) is 27.1 Å². The van der Waals surface area contributed by atoms with E-state index in [1.165, 1.54) is 6.07 Å². The van der Waals surface area contributed by atoms with Crippen LogP contribution in [0.3, 0.4) is 0 Å². The highest BCUT2D eigenvalue weighted by molar-refractivity contribution is 7.58. The molecule has 5 nitrogen and oxygen atoms in total. The summed E-state index contributed by atoms with van der Waals surface area (Å²) in [5.74, 6) is -0.323. The van der Waals surface area contributed by atoms with Crippen LogP contribution in [-0.4, -0.2) is 11.9 Å². The van der Waals surface area contributed by atoms with Gasteiger partial charge >= 0.3 is 0 Å². The molecule has 3 N–H and O–H groups in total. The minimum absolute atomic E-state index is 0.310. The SMILES string of the molecule is CC(C)(C)[C@@H](N)C(=O)Nc1c(Cl)cc(Cl)c2c1N=S=N2. The molecule has 1 aliphatic rings. The number of carbonyl (C=O) groups is 1.